The highest BCUT2D eigenvalue weighted by atomic mass is 16.5. The number of unbranched alkanes of at least 4 members (excludes halogenated alkanes) is 1. The highest BCUT2D eigenvalue weighted by molar-refractivity contribution is 4.78. The van der Waals surface area contributed by atoms with Gasteiger partial charge in [-0.2, -0.15) is 0 Å². The Kier molecular flexibility index (Phi) is 6.67. The van der Waals surface area contributed by atoms with Crippen LogP contribution in [-0.4, -0.2) is 40.5 Å². The van der Waals surface area contributed by atoms with Gasteiger partial charge in [-0.25, -0.2) is 4.68 Å². The molecule has 1 rings (SSSR count). The first-order chi connectivity index (χ1) is 7.88. The summed E-state index contributed by atoms with van der Waals surface area (Å²) in [5.41, 5.74) is 0. The number of hydrogen-bond acceptors (Lipinski definition) is 5. The van der Waals surface area contributed by atoms with E-state index in [1.807, 2.05) is 11.7 Å². The largest absolute Gasteiger partial charge is 0.381 e. The molecule has 6 heteroatoms. The molecule has 0 aliphatic rings. The molecule has 0 atom stereocenters. The first-order valence-electron chi connectivity index (χ1n) is 5.86. The van der Waals surface area contributed by atoms with Crippen molar-refractivity contribution in [1.29, 1.82) is 0 Å². The Balaban J connectivity index is 2.13. The van der Waals surface area contributed by atoms with E-state index in [0.717, 1.165) is 38.4 Å². The molecule has 92 valence electrons. The van der Waals surface area contributed by atoms with Gasteiger partial charge in [-0.3, -0.25) is 0 Å². The predicted molar refractivity (Wildman–Crippen MR) is 60.9 cm³/mol. The van der Waals surface area contributed by atoms with E-state index in [9.17, 15) is 0 Å². The Labute approximate surface area is 96.4 Å². The molecule has 1 heterocycles. The smallest absolute Gasteiger partial charge is 0.165 e. The zero-order valence-corrected chi connectivity index (χ0v) is 10.1. The van der Waals surface area contributed by atoms with Crippen molar-refractivity contribution >= 4 is 0 Å². The highest BCUT2D eigenvalue weighted by Gasteiger charge is 2.03. The van der Waals surface area contributed by atoms with Crippen molar-refractivity contribution in [2.75, 3.05) is 20.3 Å². The molecule has 0 radical (unpaired) electrons. The number of hydrogen-bond donors (Lipinski definition) is 1. The maximum atomic E-state index is 5.47. The predicted octanol–water partition coefficient (Wildman–Crippen LogP) is 0.599. The van der Waals surface area contributed by atoms with Gasteiger partial charge >= 0.3 is 0 Å². The second kappa shape index (κ2) is 8.18. The van der Waals surface area contributed by atoms with E-state index in [1.165, 1.54) is 6.42 Å². The van der Waals surface area contributed by atoms with Gasteiger partial charge in [-0.05, 0) is 30.3 Å². The molecular weight excluding hydrogens is 206 g/mol. The van der Waals surface area contributed by atoms with Gasteiger partial charge < -0.3 is 10.1 Å². The minimum Gasteiger partial charge on any atom is -0.381 e. The van der Waals surface area contributed by atoms with Crippen LogP contribution in [0.1, 0.15) is 32.0 Å². The van der Waals surface area contributed by atoms with E-state index in [-0.39, 0.29) is 0 Å². The van der Waals surface area contributed by atoms with Crippen molar-refractivity contribution in [3.63, 3.8) is 0 Å². The summed E-state index contributed by atoms with van der Waals surface area (Å²) in [5, 5.41) is 14.5. The van der Waals surface area contributed by atoms with Crippen molar-refractivity contribution < 1.29 is 4.74 Å². The van der Waals surface area contributed by atoms with Gasteiger partial charge in [-0.1, -0.05) is 13.3 Å². The van der Waals surface area contributed by atoms with Crippen molar-refractivity contribution in [3.05, 3.63) is 5.82 Å². The number of aromatic nitrogens is 4. The summed E-state index contributed by atoms with van der Waals surface area (Å²) in [6.07, 6.45) is 3.26. The molecule has 0 aromatic carbocycles. The van der Waals surface area contributed by atoms with Crippen molar-refractivity contribution in [3.8, 4) is 0 Å². The Bertz CT molecular complexity index is 276. The van der Waals surface area contributed by atoms with Crippen LogP contribution in [0.25, 0.3) is 0 Å². The summed E-state index contributed by atoms with van der Waals surface area (Å²) >= 11 is 0. The third kappa shape index (κ3) is 4.67. The normalized spacial score (nSPS) is 10.9. The van der Waals surface area contributed by atoms with Gasteiger partial charge in [0.25, 0.3) is 0 Å². The maximum absolute atomic E-state index is 5.47. The number of ether oxygens (including phenoxy) is 1. The molecule has 1 aromatic rings. The number of rotatable bonds is 9. The molecule has 16 heavy (non-hydrogen) atoms. The molecule has 1 aromatic heterocycles. The second-order valence-electron chi connectivity index (χ2n) is 3.67. The van der Waals surface area contributed by atoms with Gasteiger partial charge in [0.15, 0.2) is 5.82 Å². The number of nitrogens with zero attached hydrogens (tertiary/aromatic N) is 4. The van der Waals surface area contributed by atoms with Crippen LogP contribution in [0.15, 0.2) is 0 Å². The Morgan fingerprint density at radius 2 is 2.12 bits per heavy atom. The number of tetrazole rings is 1. The minimum absolute atomic E-state index is 0.698. The van der Waals surface area contributed by atoms with Crippen molar-refractivity contribution in [1.82, 2.24) is 25.5 Å². The summed E-state index contributed by atoms with van der Waals surface area (Å²) in [6, 6.07) is 0. The molecular formula is C10H21N5O. The Hall–Kier alpha value is -1.01. The molecule has 0 spiro atoms. The summed E-state index contributed by atoms with van der Waals surface area (Å²) in [6.45, 7) is 5.31. The van der Waals surface area contributed by atoms with Gasteiger partial charge in [0.2, 0.25) is 0 Å². The van der Waals surface area contributed by atoms with E-state index >= 15 is 0 Å². The Morgan fingerprint density at radius 3 is 2.88 bits per heavy atom. The fourth-order valence-corrected chi connectivity index (χ4v) is 1.35. The first kappa shape index (κ1) is 13.1. The highest BCUT2D eigenvalue weighted by Crippen LogP contribution is 1.95. The molecule has 0 saturated carbocycles. The van der Waals surface area contributed by atoms with Crippen LogP contribution >= 0.6 is 0 Å². The lowest BCUT2D eigenvalue weighted by molar-refractivity contribution is 0.125. The van der Waals surface area contributed by atoms with E-state index in [4.69, 9.17) is 4.74 Å². The van der Waals surface area contributed by atoms with Gasteiger partial charge in [0.05, 0.1) is 6.54 Å². The second-order valence-corrected chi connectivity index (χ2v) is 3.67. The molecule has 0 amide bonds. The van der Waals surface area contributed by atoms with Crippen molar-refractivity contribution in [2.45, 2.75) is 39.3 Å². The van der Waals surface area contributed by atoms with E-state index in [1.54, 1.807) is 0 Å². The molecule has 0 aliphatic heterocycles. The third-order valence-corrected chi connectivity index (χ3v) is 2.24. The molecule has 6 nitrogen and oxygen atoms in total. The van der Waals surface area contributed by atoms with Crippen LogP contribution in [0.5, 0.6) is 0 Å². The van der Waals surface area contributed by atoms with E-state index < -0.39 is 0 Å². The van der Waals surface area contributed by atoms with Crippen LogP contribution < -0.4 is 5.32 Å². The fourth-order valence-electron chi connectivity index (χ4n) is 1.35. The van der Waals surface area contributed by atoms with Crippen LogP contribution in [0.3, 0.4) is 0 Å². The standard InChI is InChI=1S/C10H21N5O/c1-3-4-7-16-8-5-6-15-10(9-11-2)12-13-14-15/h11H,3-9H2,1-2H3. The zero-order chi connectivity index (χ0) is 11.6. The van der Waals surface area contributed by atoms with Crippen LogP contribution in [0, 0.1) is 0 Å². The minimum atomic E-state index is 0.698. The average Bonchev–Trinajstić information content (AvgIpc) is 2.72. The van der Waals surface area contributed by atoms with Crippen LogP contribution in [0.2, 0.25) is 0 Å². The molecule has 0 bridgehead atoms. The monoisotopic (exact) mass is 227 g/mol. The lowest BCUT2D eigenvalue weighted by Gasteiger charge is -2.05. The Morgan fingerprint density at radius 1 is 1.31 bits per heavy atom. The molecule has 0 aliphatic carbocycles. The summed E-state index contributed by atoms with van der Waals surface area (Å²) in [4.78, 5) is 0. The zero-order valence-electron chi connectivity index (χ0n) is 10.1. The molecule has 0 saturated heterocycles. The van der Waals surface area contributed by atoms with Gasteiger partial charge in [-0.15, -0.1) is 5.10 Å². The van der Waals surface area contributed by atoms with E-state index in [0.29, 0.717) is 6.54 Å². The lowest BCUT2D eigenvalue weighted by Crippen LogP contribution is -2.14. The summed E-state index contributed by atoms with van der Waals surface area (Å²) in [5.74, 6) is 0.871. The number of aryl methyl sites for hydroxylation is 1. The third-order valence-electron chi connectivity index (χ3n) is 2.24. The molecule has 0 unspecified atom stereocenters. The van der Waals surface area contributed by atoms with Gasteiger partial charge in [0, 0.05) is 19.8 Å². The topological polar surface area (TPSA) is 64.9 Å². The van der Waals surface area contributed by atoms with Crippen LogP contribution in [0.4, 0.5) is 0 Å². The quantitative estimate of drug-likeness (QED) is 0.626. The first-order valence-corrected chi connectivity index (χ1v) is 5.86. The molecule has 0 fully saturated rings. The number of nitrogens with one attached hydrogen (secondary N) is 1. The average molecular weight is 227 g/mol. The summed E-state index contributed by atoms with van der Waals surface area (Å²) in [7, 11) is 1.88. The SMILES string of the molecule is CCCCOCCCn1nnnc1CNC. The lowest BCUT2D eigenvalue weighted by atomic mass is 10.4. The fraction of sp³-hybridized carbons (Fsp3) is 0.900. The summed E-state index contributed by atoms with van der Waals surface area (Å²) < 4.78 is 7.29. The van der Waals surface area contributed by atoms with Crippen molar-refractivity contribution in [2.24, 2.45) is 0 Å². The van der Waals surface area contributed by atoms with E-state index in [2.05, 4.69) is 27.8 Å². The molecule has 1 N–H and O–H groups in total. The van der Waals surface area contributed by atoms with Gasteiger partial charge in [0.1, 0.15) is 0 Å². The van der Waals surface area contributed by atoms with Crippen LogP contribution in [-0.2, 0) is 17.8 Å². The maximum Gasteiger partial charge on any atom is 0.165 e.